The molecule has 1 unspecified atom stereocenters. The van der Waals surface area contributed by atoms with E-state index < -0.39 is 23.7 Å². The maximum Gasteiger partial charge on any atom is 0.329 e. The first-order valence-corrected chi connectivity index (χ1v) is 8.42. The third kappa shape index (κ3) is 5.04. The van der Waals surface area contributed by atoms with Crippen molar-refractivity contribution in [1.29, 1.82) is 0 Å². The molecule has 1 atom stereocenters. The molecule has 0 bridgehead atoms. The lowest BCUT2D eigenvalue weighted by Gasteiger charge is -2.17. The summed E-state index contributed by atoms with van der Waals surface area (Å²) < 4.78 is 24.0. The van der Waals surface area contributed by atoms with Gasteiger partial charge in [-0.15, -0.1) is 0 Å². The van der Waals surface area contributed by atoms with Crippen LogP contribution in [0.4, 0.5) is 4.39 Å². The molecule has 138 valence electrons. The molecule has 1 N–H and O–H groups in total. The minimum absolute atomic E-state index is 0.0926. The van der Waals surface area contributed by atoms with Crippen LogP contribution in [0.15, 0.2) is 77.4 Å². The number of hydrogen-bond acceptors (Lipinski definition) is 4. The average Bonchev–Trinajstić information content (AvgIpc) is 3.22. The molecule has 0 radical (unpaired) electrons. The molecule has 1 heterocycles. The molecule has 2 aromatic carbocycles. The number of esters is 1. The molecular weight excluding hydrogens is 349 g/mol. The van der Waals surface area contributed by atoms with Crippen molar-refractivity contribution in [3.8, 4) is 0 Å². The monoisotopic (exact) mass is 367 g/mol. The maximum absolute atomic E-state index is 13.7. The van der Waals surface area contributed by atoms with Gasteiger partial charge in [-0.25, -0.2) is 9.18 Å². The summed E-state index contributed by atoms with van der Waals surface area (Å²) in [6.07, 6.45) is 1.61. The summed E-state index contributed by atoms with van der Waals surface area (Å²) in [7, 11) is 0. The van der Waals surface area contributed by atoms with Crippen LogP contribution in [-0.4, -0.2) is 17.9 Å². The van der Waals surface area contributed by atoms with Crippen molar-refractivity contribution in [1.82, 2.24) is 5.32 Å². The Labute approximate surface area is 155 Å². The molecule has 3 rings (SSSR count). The van der Waals surface area contributed by atoms with E-state index in [2.05, 4.69) is 5.32 Å². The summed E-state index contributed by atoms with van der Waals surface area (Å²) in [5.74, 6) is -1.54. The van der Waals surface area contributed by atoms with Gasteiger partial charge < -0.3 is 14.5 Å². The first-order valence-electron chi connectivity index (χ1n) is 8.42. The van der Waals surface area contributed by atoms with Gasteiger partial charge in [0.05, 0.1) is 6.26 Å². The lowest BCUT2D eigenvalue weighted by atomic mass is 10.1. The summed E-state index contributed by atoms with van der Waals surface area (Å²) in [5, 5.41) is 2.62. The normalized spacial score (nSPS) is 11.6. The van der Waals surface area contributed by atoms with E-state index >= 15 is 0 Å². The number of ether oxygens (including phenoxy) is 1. The minimum Gasteiger partial charge on any atom is -0.459 e. The zero-order valence-electron chi connectivity index (χ0n) is 14.4. The Balaban J connectivity index is 1.70. The summed E-state index contributed by atoms with van der Waals surface area (Å²) in [6.45, 7) is -0.215. The fourth-order valence-electron chi connectivity index (χ4n) is 2.55. The van der Waals surface area contributed by atoms with Crippen molar-refractivity contribution in [3.63, 3.8) is 0 Å². The average molecular weight is 367 g/mol. The highest BCUT2D eigenvalue weighted by Gasteiger charge is 2.24. The van der Waals surface area contributed by atoms with Crippen LogP contribution in [0.3, 0.4) is 0 Å². The zero-order valence-corrected chi connectivity index (χ0v) is 14.4. The van der Waals surface area contributed by atoms with E-state index in [1.54, 1.807) is 18.2 Å². The number of furan rings is 1. The molecule has 0 saturated carbocycles. The smallest absolute Gasteiger partial charge is 0.329 e. The molecular formula is C21H18FNO4. The van der Waals surface area contributed by atoms with Crippen LogP contribution in [0.5, 0.6) is 0 Å². The Bertz CT molecular complexity index is 894. The molecule has 0 fully saturated rings. The number of halogens is 1. The first kappa shape index (κ1) is 18.4. The number of nitrogens with one attached hydrogen (secondary N) is 1. The number of carbonyl (C=O) groups excluding carboxylic acids is 2. The molecule has 1 amide bonds. The third-order valence-corrected chi connectivity index (χ3v) is 3.95. The molecule has 0 aliphatic rings. The van der Waals surface area contributed by atoms with Gasteiger partial charge in [0.25, 0.3) is 5.91 Å². The van der Waals surface area contributed by atoms with Crippen LogP contribution < -0.4 is 5.32 Å². The molecule has 0 aliphatic carbocycles. The number of benzene rings is 2. The maximum atomic E-state index is 13.7. The quantitative estimate of drug-likeness (QED) is 0.649. The molecule has 0 aliphatic heterocycles. The van der Waals surface area contributed by atoms with Gasteiger partial charge in [-0.2, -0.15) is 0 Å². The first-order chi connectivity index (χ1) is 13.1. The van der Waals surface area contributed by atoms with Crippen LogP contribution in [0.1, 0.15) is 21.7 Å². The van der Waals surface area contributed by atoms with E-state index in [0.717, 1.165) is 5.56 Å². The molecule has 27 heavy (non-hydrogen) atoms. The van der Waals surface area contributed by atoms with Gasteiger partial charge in [0.15, 0.2) is 5.76 Å². The largest absolute Gasteiger partial charge is 0.459 e. The number of rotatable bonds is 7. The highest BCUT2D eigenvalue weighted by Crippen LogP contribution is 2.11. The molecule has 1 aromatic heterocycles. The fraction of sp³-hybridized carbons (Fsp3) is 0.143. The highest BCUT2D eigenvalue weighted by molar-refractivity contribution is 5.94. The van der Waals surface area contributed by atoms with Crippen LogP contribution in [0.25, 0.3) is 0 Å². The van der Waals surface area contributed by atoms with E-state index in [9.17, 15) is 14.0 Å². The Morgan fingerprint density at radius 1 is 1.00 bits per heavy atom. The second-order valence-electron chi connectivity index (χ2n) is 5.89. The third-order valence-electron chi connectivity index (χ3n) is 3.95. The van der Waals surface area contributed by atoms with Crippen molar-refractivity contribution < 1.29 is 23.1 Å². The number of hydrogen-bond donors (Lipinski definition) is 1. The van der Waals surface area contributed by atoms with E-state index in [0.29, 0.717) is 0 Å². The van der Waals surface area contributed by atoms with Crippen LogP contribution in [0, 0.1) is 5.82 Å². The van der Waals surface area contributed by atoms with Crippen molar-refractivity contribution >= 4 is 11.9 Å². The van der Waals surface area contributed by atoms with E-state index in [1.807, 2.05) is 30.3 Å². The Morgan fingerprint density at radius 3 is 2.44 bits per heavy atom. The fourth-order valence-corrected chi connectivity index (χ4v) is 2.55. The van der Waals surface area contributed by atoms with Gasteiger partial charge in [0, 0.05) is 12.0 Å². The Hall–Kier alpha value is -3.41. The minimum atomic E-state index is -0.934. The van der Waals surface area contributed by atoms with Gasteiger partial charge in [-0.05, 0) is 23.8 Å². The standard InChI is InChI=1S/C21H18FNO4/c22-17-10-5-4-9-16(17)14-27-21(25)18(13-15-7-2-1-3-8-15)23-20(24)19-11-6-12-26-19/h1-12,18H,13-14H2,(H,23,24). The lowest BCUT2D eigenvalue weighted by molar-refractivity contribution is -0.147. The van der Waals surface area contributed by atoms with Gasteiger partial charge in [-0.3, -0.25) is 4.79 Å². The lowest BCUT2D eigenvalue weighted by Crippen LogP contribution is -2.43. The highest BCUT2D eigenvalue weighted by atomic mass is 19.1. The van der Waals surface area contributed by atoms with Crippen LogP contribution >= 0.6 is 0 Å². The number of carbonyl (C=O) groups is 2. The van der Waals surface area contributed by atoms with Crippen molar-refractivity contribution in [3.05, 3.63) is 95.7 Å². The summed E-state index contributed by atoms with van der Waals surface area (Å²) in [5.41, 5.74) is 1.12. The zero-order chi connectivity index (χ0) is 19.1. The van der Waals surface area contributed by atoms with E-state index in [-0.39, 0.29) is 24.4 Å². The molecule has 0 spiro atoms. The predicted octanol–water partition coefficient (Wildman–Crippen LogP) is 3.50. The van der Waals surface area contributed by atoms with Crippen LogP contribution in [-0.2, 0) is 22.6 Å². The molecule has 0 saturated heterocycles. The summed E-state index contributed by atoms with van der Waals surface area (Å²) in [6, 6.07) is 17.4. The second-order valence-corrected chi connectivity index (χ2v) is 5.89. The van der Waals surface area contributed by atoms with Gasteiger partial charge in [0.1, 0.15) is 18.5 Å². The summed E-state index contributed by atoms with van der Waals surface area (Å²) in [4.78, 5) is 24.8. The van der Waals surface area contributed by atoms with Crippen molar-refractivity contribution in [2.75, 3.05) is 0 Å². The van der Waals surface area contributed by atoms with Crippen molar-refractivity contribution in [2.45, 2.75) is 19.1 Å². The predicted molar refractivity (Wildman–Crippen MR) is 96.3 cm³/mol. The van der Waals surface area contributed by atoms with Gasteiger partial charge >= 0.3 is 5.97 Å². The van der Waals surface area contributed by atoms with E-state index in [1.165, 1.54) is 24.5 Å². The van der Waals surface area contributed by atoms with Gasteiger partial charge in [-0.1, -0.05) is 48.5 Å². The van der Waals surface area contributed by atoms with Gasteiger partial charge in [0.2, 0.25) is 0 Å². The molecule has 6 heteroatoms. The van der Waals surface area contributed by atoms with Crippen molar-refractivity contribution in [2.24, 2.45) is 0 Å². The van der Waals surface area contributed by atoms with E-state index in [4.69, 9.17) is 9.15 Å². The molecule has 3 aromatic rings. The second kappa shape index (κ2) is 8.80. The SMILES string of the molecule is O=C(NC(Cc1ccccc1)C(=O)OCc1ccccc1F)c1ccco1. The Kier molecular flexibility index (Phi) is 5.99. The Morgan fingerprint density at radius 2 is 1.74 bits per heavy atom. The topological polar surface area (TPSA) is 68.5 Å². The van der Waals surface area contributed by atoms with Crippen LogP contribution in [0.2, 0.25) is 0 Å². The summed E-state index contributed by atoms with van der Waals surface area (Å²) >= 11 is 0. The molecule has 5 nitrogen and oxygen atoms in total. The number of amides is 1.